The van der Waals surface area contributed by atoms with Gasteiger partial charge in [0.25, 0.3) is 5.91 Å². The fourth-order valence-electron chi connectivity index (χ4n) is 1.52. The van der Waals surface area contributed by atoms with Gasteiger partial charge in [0, 0.05) is 11.5 Å². The zero-order valence-corrected chi connectivity index (χ0v) is 12.2. The number of carbonyl (C=O) groups is 1. The molecule has 0 atom stereocenters. The number of halogens is 2. The predicted octanol–water partition coefficient (Wildman–Crippen LogP) is 2.96. The fourth-order valence-corrected chi connectivity index (χ4v) is 2.10. The molecular weight excluding hydrogens is 332 g/mol. The van der Waals surface area contributed by atoms with Gasteiger partial charge in [-0.2, -0.15) is 10.4 Å². The van der Waals surface area contributed by atoms with Gasteiger partial charge in [-0.15, -0.1) is 0 Å². The molecule has 0 aliphatic rings. The molecule has 0 saturated heterocycles. The van der Waals surface area contributed by atoms with E-state index < -0.39 is 5.91 Å². The first kappa shape index (κ1) is 13.6. The molecule has 7 heteroatoms. The molecule has 1 N–H and O–H groups in total. The highest BCUT2D eigenvalue weighted by Gasteiger charge is 2.16. The number of benzene rings is 1. The number of aryl methyl sites for hydroxylation is 1. The van der Waals surface area contributed by atoms with E-state index in [1.54, 1.807) is 25.2 Å². The van der Waals surface area contributed by atoms with Gasteiger partial charge in [0.15, 0.2) is 0 Å². The Kier molecular flexibility index (Phi) is 3.88. The number of hydrogen-bond donors (Lipinski definition) is 1. The first-order chi connectivity index (χ1) is 9.04. The molecule has 5 nitrogen and oxygen atoms in total. The summed E-state index contributed by atoms with van der Waals surface area (Å²) < 4.78 is 2.05. The van der Waals surface area contributed by atoms with E-state index >= 15 is 0 Å². The number of nitriles is 1. The maximum Gasteiger partial charge on any atom is 0.258 e. The maximum absolute atomic E-state index is 12.1. The first-order valence-electron chi connectivity index (χ1n) is 5.22. The van der Waals surface area contributed by atoms with Gasteiger partial charge in [0.05, 0.1) is 16.8 Å². The molecule has 19 heavy (non-hydrogen) atoms. The molecule has 0 unspecified atom stereocenters. The summed E-state index contributed by atoms with van der Waals surface area (Å²) in [5.74, 6) is -0.0602. The Bertz CT molecular complexity index is 690. The van der Waals surface area contributed by atoms with Crippen molar-refractivity contribution in [2.75, 3.05) is 5.32 Å². The summed E-state index contributed by atoms with van der Waals surface area (Å²) in [5, 5.41) is 15.8. The van der Waals surface area contributed by atoms with E-state index in [4.69, 9.17) is 16.9 Å². The van der Waals surface area contributed by atoms with Crippen LogP contribution in [-0.4, -0.2) is 15.7 Å². The zero-order valence-electron chi connectivity index (χ0n) is 9.82. The van der Waals surface area contributed by atoms with Crippen LogP contribution < -0.4 is 5.32 Å². The van der Waals surface area contributed by atoms with E-state index in [0.29, 0.717) is 26.4 Å². The summed E-state index contributed by atoms with van der Waals surface area (Å²) in [6.45, 7) is 0. The van der Waals surface area contributed by atoms with Crippen LogP contribution in [0, 0.1) is 11.3 Å². The van der Waals surface area contributed by atoms with Crippen molar-refractivity contribution in [1.82, 2.24) is 9.78 Å². The Morgan fingerprint density at radius 3 is 3.00 bits per heavy atom. The van der Waals surface area contributed by atoms with E-state index in [1.807, 2.05) is 6.07 Å². The minimum absolute atomic E-state index is 0.293. The van der Waals surface area contributed by atoms with Gasteiger partial charge >= 0.3 is 0 Å². The molecule has 2 rings (SSSR count). The Balaban J connectivity index is 2.34. The molecule has 0 radical (unpaired) electrons. The van der Waals surface area contributed by atoms with Crippen molar-refractivity contribution < 1.29 is 4.79 Å². The van der Waals surface area contributed by atoms with E-state index in [2.05, 4.69) is 26.3 Å². The highest BCUT2D eigenvalue weighted by molar-refractivity contribution is 9.10. The second-order valence-electron chi connectivity index (χ2n) is 3.70. The number of hydrogen-bond acceptors (Lipinski definition) is 3. The molecule has 1 amide bonds. The van der Waals surface area contributed by atoms with Gasteiger partial charge in [-0.05, 0) is 28.1 Å². The van der Waals surface area contributed by atoms with Crippen molar-refractivity contribution in [2.24, 2.45) is 7.05 Å². The van der Waals surface area contributed by atoms with Gasteiger partial charge in [0.2, 0.25) is 0 Å². The highest BCUT2D eigenvalue weighted by atomic mass is 79.9. The maximum atomic E-state index is 12.1. The Morgan fingerprint density at radius 1 is 1.58 bits per heavy atom. The number of rotatable bonds is 2. The molecule has 1 heterocycles. The number of amides is 1. The summed E-state index contributed by atoms with van der Waals surface area (Å²) in [6.07, 6.45) is 1.39. The molecule has 96 valence electrons. The van der Waals surface area contributed by atoms with Gasteiger partial charge in [0.1, 0.15) is 17.5 Å². The zero-order chi connectivity index (χ0) is 14.0. The monoisotopic (exact) mass is 338 g/mol. The molecule has 0 saturated carbocycles. The van der Waals surface area contributed by atoms with Crippen LogP contribution in [0.4, 0.5) is 5.82 Å². The van der Waals surface area contributed by atoms with E-state index in [1.165, 1.54) is 10.9 Å². The third kappa shape index (κ3) is 2.62. The van der Waals surface area contributed by atoms with Crippen LogP contribution in [0.25, 0.3) is 0 Å². The van der Waals surface area contributed by atoms with Gasteiger partial charge < -0.3 is 5.32 Å². The van der Waals surface area contributed by atoms with Crippen molar-refractivity contribution in [3.8, 4) is 6.07 Å². The SMILES string of the molecule is Cn1ncc(C#N)c1NC(=O)c1cccc(Br)c1Cl. The van der Waals surface area contributed by atoms with Crippen LogP contribution in [0.3, 0.4) is 0 Å². The largest absolute Gasteiger partial charge is 0.306 e. The lowest BCUT2D eigenvalue weighted by molar-refractivity contribution is 0.102. The van der Waals surface area contributed by atoms with E-state index in [0.717, 1.165) is 0 Å². The minimum atomic E-state index is -0.397. The Labute approximate surface area is 122 Å². The summed E-state index contributed by atoms with van der Waals surface area (Å²) in [6, 6.07) is 7.01. The standard InChI is InChI=1S/C12H8BrClN4O/c1-18-11(7(5-15)6-16-18)17-12(19)8-3-2-4-9(13)10(8)14/h2-4,6H,1H3,(H,17,19). The van der Waals surface area contributed by atoms with Crippen LogP contribution >= 0.6 is 27.5 Å². The summed E-state index contributed by atoms with van der Waals surface area (Å²) >= 11 is 9.30. The summed E-state index contributed by atoms with van der Waals surface area (Å²) in [5.41, 5.74) is 0.614. The van der Waals surface area contributed by atoms with Crippen molar-refractivity contribution in [3.05, 3.63) is 45.0 Å². The lowest BCUT2D eigenvalue weighted by Gasteiger charge is -2.08. The van der Waals surface area contributed by atoms with Crippen molar-refractivity contribution >= 4 is 39.3 Å². The topological polar surface area (TPSA) is 70.7 Å². The molecule has 0 fully saturated rings. The number of aromatic nitrogens is 2. The summed E-state index contributed by atoms with van der Waals surface area (Å²) in [4.78, 5) is 12.1. The van der Waals surface area contributed by atoms with Crippen molar-refractivity contribution in [3.63, 3.8) is 0 Å². The smallest absolute Gasteiger partial charge is 0.258 e. The van der Waals surface area contributed by atoms with Crippen LogP contribution in [0.15, 0.2) is 28.9 Å². The lowest BCUT2D eigenvalue weighted by Crippen LogP contribution is -2.16. The molecule has 0 bridgehead atoms. The van der Waals surface area contributed by atoms with E-state index in [9.17, 15) is 4.79 Å². The molecule has 0 spiro atoms. The minimum Gasteiger partial charge on any atom is -0.306 e. The normalized spacial score (nSPS) is 10.0. The van der Waals surface area contributed by atoms with Crippen LogP contribution in [0.2, 0.25) is 5.02 Å². The second-order valence-corrected chi connectivity index (χ2v) is 4.93. The quantitative estimate of drug-likeness (QED) is 0.914. The Morgan fingerprint density at radius 2 is 2.32 bits per heavy atom. The van der Waals surface area contributed by atoms with Crippen LogP contribution in [0.1, 0.15) is 15.9 Å². The number of anilines is 1. The molecule has 1 aromatic carbocycles. The fraction of sp³-hybridized carbons (Fsp3) is 0.0833. The number of carbonyl (C=O) groups excluding carboxylic acids is 1. The highest BCUT2D eigenvalue weighted by Crippen LogP contribution is 2.26. The molecule has 2 aromatic rings. The van der Waals surface area contributed by atoms with Crippen LogP contribution in [-0.2, 0) is 7.05 Å². The predicted molar refractivity (Wildman–Crippen MR) is 75.0 cm³/mol. The molecular formula is C12H8BrClN4O. The lowest BCUT2D eigenvalue weighted by atomic mass is 10.2. The van der Waals surface area contributed by atoms with Crippen LogP contribution in [0.5, 0.6) is 0 Å². The molecule has 0 aliphatic carbocycles. The third-order valence-electron chi connectivity index (χ3n) is 2.49. The Hall–Kier alpha value is -1.84. The molecule has 0 aliphatic heterocycles. The second kappa shape index (κ2) is 5.43. The summed E-state index contributed by atoms with van der Waals surface area (Å²) in [7, 11) is 1.64. The average Bonchev–Trinajstić information content (AvgIpc) is 2.74. The van der Waals surface area contributed by atoms with Gasteiger partial charge in [-0.3, -0.25) is 9.48 Å². The number of nitrogens with zero attached hydrogens (tertiary/aromatic N) is 3. The molecule has 1 aromatic heterocycles. The van der Waals surface area contributed by atoms with E-state index in [-0.39, 0.29) is 0 Å². The van der Waals surface area contributed by atoms with Gasteiger partial charge in [-0.1, -0.05) is 17.7 Å². The third-order valence-corrected chi connectivity index (χ3v) is 3.78. The first-order valence-corrected chi connectivity index (χ1v) is 6.39. The average molecular weight is 340 g/mol. The van der Waals surface area contributed by atoms with Crippen molar-refractivity contribution in [1.29, 1.82) is 5.26 Å². The van der Waals surface area contributed by atoms with Gasteiger partial charge in [-0.25, -0.2) is 0 Å². The number of nitrogens with one attached hydrogen (secondary N) is 1. The van der Waals surface area contributed by atoms with Crippen molar-refractivity contribution in [2.45, 2.75) is 0 Å².